The third-order valence-electron chi connectivity index (χ3n) is 6.91. The van der Waals surface area contributed by atoms with E-state index in [1.165, 1.54) is 18.2 Å². The maximum absolute atomic E-state index is 14.4. The van der Waals surface area contributed by atoms with Crippen molar-refractivity contribution < 1.29 is 32.6 Å². The molecule has 1 amide bonds. The molecule has 0 saturated heterocycles. The molecule has 0 spiro atoms. The van der Waals surface area contributed by atoms with Gasteiger partial charge in [-0.15, -0.1) is 0 Å². The number of aromatic nitrogens is 3. The highest BCUT2D eigenvalue weighted by Crippen LogP contribution is 2.41. The van der Waals surface area contributed by atoms with Crippen LogP contribution in [0.5, 0.6) is 5.88 Å². The molecule has 13 heteroatoms. The first-order valence-corrected chi connectivity index (χ1v) is 13.3. The van der Waals surface area contributed by atoms with Gasteiger partial charge in [0.1, 0.15) is 5.02 Å². The molecule has 0 aromatic carbocycles. The molecule has 2 aromatic heterocycles. The summed E-state index contributed by atoms with van der Waals surface area (Å²) in [4.78, 5) is 30.5. The topological polar surface area (TPSA) is 97.5 Å². The van der Waals surface area contributed by atoms with Crippen molar-refractivity contribution in [3.63, 3.8) is 0 Å². The van der Waals surface area contributed by atoms with Crippen LogP contribution in [0.4, 0.5) is 13.2 Å². The van der Waals surface area contributed by atoms with Crippen LogP contribution in [-0.4, -0.2) is 56.8 Å². The quantitative estimate of drug-likeness (QED) is 0.380. The van der Waals surface area contributed by atoms with Gasteiger partial charge in [0.2, 0.25) is 5.88 Å². The fourth-order valence-electron chi connectivity index (χ4n) is 5.13. The van der Waals surface area contributed by atoms with Crippen LogP contribution < -0.4 is 4.74 Å². The third-order valence-corrected chi connectivity index (χ3v) is 7.63. The number of nitrogens with zero attached hydrogens (tertiary/aromatic N) is 4. The second-order valence-electron chi connectivity index (χ2n) is 11.2. The molecule has 1 fully saturated rings. The summed E-state index contributed by atoms with van der Waals surface area (Å²) in [6.45, 7) is 7.53. The van der Waals surface area contributed by atoms with Crippen molar-refractivity contribution in [2.75, 3.05) is 20.2 Å². The van der Waals surface area contributed by atoms with E-state index >= 15 is 0 Å². The third kappa shape index (κ3) is 7.16. The number of amides is 1. The van der Waals surface area contributed by atoms with Crippen LogP contribution in [0.25, 0.3) is 0 Å². The molecule has 0 radical (unpaired) electrons. The van der Waals surface area contributed by atoms with Gasteiger partial charge in [0.15, 0.2) is 5.69 Å². The summed E-state index contributed by atoms with van der Waals surface area (Å²) in [5.74, 6) is -2.59. The van der Waals surface area contributed by atoms with Gasteiger partial charge in [-0.05, 0) is 42.6 Å². The zero-order chi connectivity index (χ0) is 29.3. The molecule has 0 aliphatic heterocycles. The molecular formula is C26H33Cl2F3N4O4. The Kier molecular flexibility index (Phi) is 9.47. The van der Waals surface area contributed by atoms with Gasteiger partial charge in [0.05, 0.1) is 35.9 Å². The number of carboxylic acids is 1. The first-order valence-electron chi connectivity index (χ1n) is 12.6. The maximum Gasteiger partial charge on any atom is 0.433 e. The van der Waals surface area contributed by atoms with Crippen LogP contribution in [0.1, 0.15) is 74.6 Å². The number of methoxy groups -OCH3 is 1. The Bertz CT molecular complexity index is 1210. The average molecular weight is 593 g/mol. The molecule has 0 unspecified atom stereocenters. The molecule has 1 aliphatic carbocycles. The summed E-state index contributed by atoms with van der Waals surface area (Å²) in [5, 5.41) is 13.8. The minimum atomic E-state index is -4.85. The van der Waals surface area contributed by atoms with Gasteiger partial charge in [0, 0.05) is 19.3 Å². The van der Waals surface area contributed by atoms with E-state index in [0.29, 0.717) is 5.56 Å². The Hall–Kier alpha value is -2.53. The lowest BCUT2D eigenvalue weighted by Crippen LogP contribution is -2.40. The van der Waals surface area contributed by atoms with Gasteiger partial charge >= 0.3 is 12.1 Å². The van der Waals surface area contributed by atoms with Crippen molar-refractivity contribution in [1.82, 2.24) is 19.7 Å². The van der Waals surface area contributed by atoms with E-state index < -0.39 is 46.7 Å². The van der Waals surface area contributed by atoms with Crippen molar-refractivity contribution in [2.45, 2.75) is 65.6 Å². The fourth-order valence-corrected chi connectivity index (χ4v) is 5.74. The van der Waals surface area contributed by atoms with Gasteiger partial charge in [-0.2, -0.15) is 18.3 Å². The standard InChI is InChI=1S/C26H33Cl2F3N4O4/c1-14-10-15(6-7-16(14)24(37)38)35-21(26(29,30)31)18(11-33-35)23(36)34(13-25(2,3)4)9-8-17-19(27)12-32-22(39-5)20(17)28/h11-12,14-16H,6-10,13H2,1-5H3,(H,37,38)/t14-,15+,16+/m0/s1. The van der Waals surface area contributed by atoms with Crippen molar-refractivity contribution >= 4 is 35.1 Å². The summed E-state index contributed by atoms with van der Waals surface area (Å²) in [6, 6.07) is -0.674. The zero-order valence-corrected chi connectivity index (χ0v) is 24.0. The van der Waals surface area contributed by atoms with Crippen LogP contribution in [0.2, 0.25) is 10.0 Å². The number of carboxylic acid groups (broad SMARTS) is 1. The van der Waals surface area contributed by atoms with Gasteiger partial charge in [-0.1, -0.05) is 50.9 Å². The van der Waals surface area contributed by atoms with Crippen molar-refractivity contribution in [3.05, 3.63) is 39.3 Å². The maximum atomic E-state index is 14.4. The Morgan fingerprint density at radius 1 is 1.21 bits per heavy atom. The predicted octanol–water partition coefficient (Wildman–Crippen LogP) is 6.41. The zero-order valence-electron chi connectivity index (χ0n) is 22.5. The second-order valence-corrected chi connectivity index (χ2v) is 12.0. The number of hydrogen-bond acceptors (Lipinski definition) is 5. The summed E-state index contributed by atoms with van der Waals surface area (Å²) in [6.07, 6.45) is -1.71. The average Bonchev–Trinajstić information content (AvgIpc) is 3.28. The molecule has 39 heavy (non-hydrogen) atoms. The van der Waals surface area contributed by atoms with Crippen LogP contribution in [0, 0.1) is 17.3 Å². The molecule has 8 nitrogen and oxygen atoms in total. The molecule has 0 bridgehead atoms. The van der Waals surface area contributed by atoms with Crippen LogP contribution in [0.15, 0.2) is 12.4 Å². The molecule has 2 heterocycles. The van der Waals surface area contributed by atoms with E-state index in [1.807, 2.05) is 20.8 Å². The molecule has 2 aromatic rings. The van der Waals surface area contributed by atoms with Crippen molar-refractivity contribution in [3.8, 4) is 5.88 Å². The first kappa shape index (κ1) is 31.0. The highest BCUT2D eigenvalue weighted by atomic mass is 35.5. The van der Waals surface area contributed by atoms with Gasteiger partial charge in [0.25, 0.3) is 5.91 Å². The normalized spacial score (nSPS) is 20.1. The highest BCUT2D eigenvalue weighted by Gasteiger charge is 2.44. The van der Waals surface area contributed by atoms with Gasteiger partial charge in [-0.3, -0.25) is 14.3 Å². The highest BCUT2D eigenvalue weighted by molar-refractivity contribution is 6.36. The van der Waals surface area contributed by atoms with Crippen LogP contribution in [0.3, 0.4) is 0 Å². The number of hydrogen-bond donors (Lipinski definition) is 1. The molecule has 3 rings (SSSR count). The SMILES string of the molecule is COc1ncc(Cl)c(CCN(CC(C)(C)C)C(=O)c2cnn([C@@H]3CC[C@@H](C(=O)O)[C@@H](C)C3)c2C(F)(F)F)c1Cl. The van der Waals surface area contributed by atoms with Crippen molar-refractivity contribution in [1.29, 1.82) is 0 Å². The lowest BCUT2D eigenvalue weighted by Gasteiger charge is -2.33. The number of aliphatic carboxylic acids is 1. The van der Waals surface area contributed by atoms with Gasteiger partial charge in [-0.25, -0.2) is 4.98 Å². The van der Waals surface area contributed by atoms with E-state index in [1.54, 1.807) is 6.92 Å². The summed E-state index contributed by atoms with van der Waals surface area (Å²) in [7, 11) is 1.40. The minimum Gasteiger partial charge on any atom is -0.481 e. The predicted molar refractivity (Wildman–Crippen MR) is 140 cm³/mol. The van der Waals surface area contributed by atoms with E-state index in [4.69, 9.17) is 27.9 Å². The van der Waals surface area contributed by atoms with E-state index in [-0.39, 0.29) is 60.6 Å². The summed E-state index contributed by atoms with van der Waals surface area (Å²) >= 11 is 12.7. The fraction of sp³-hybridized carbons (Fsp3) is 0.615. The summed E-state index contributed by atoms with van der Waals surface area (Å²) < 4.78 is 49.3. The lowest BCUT2D eigenvalue weighted by molar-refractivity contribution is -0.149. The van der Waals surface area contributed by atoms with Crippen LogP contribution in [-0.2, 0) is 17.4 Å². The summed E-state index contributed by atoms with van der Waals surface area (Å²) in [5.41, 5.74) is -1.64. The minimum absolute atomic E-state index is 0.0337. The smallest absolute Gasteiger partial charge is 0.433 e. The Labute approximate surface area is 235 Å². The van der Waals surface area contributed by atoms with E-state index in [2.05, 4.69) is 10.1 Å². The number of carbonyl (C=O) groups excluding carboxylic acids is 1. The Morgan fingerprint density at radius 3 is 2.41 bits per heavy atom. The molecule has 1 aliphatic rings. The molecular weight excluding hydrogens is 560 g/mol. The lowest BCUT2D eigenvalue weighted by atomic mass is 9.78. The number of carbonyl (C=O) groups is 2. The van der Waals surface area contributed by atoms with Gasteiger partial charge < -0.3 is 14.7 Å². The number of alkyl halides is 3. The molecule has 1 saturated carbocycles. The van der Waals surface area contributed by atoms with Crippen LogP contribution >= 0.6 is 23.2 Å². The largest absolute Gasteiger partial charge is 0.481 e. The molecule has 216 valence electrons. The second kappa shape index (κ2) is 11.9. The Balaban J connectivity index is 1.96. The number of ether oxygens (including phenoxy) is 1. The van der Waals surface area contributed by atoms with Crippen molar-refractivity contribution in [2.24, 2.45) is 17.3 Å². The first-order chi connectivity index (χ1) is 18.0. The number of halogens is 5. The molecule has 1 N–H and O–H groups in total. The number of pyridine rings is 1. The Morgan fingerprint density at radius 2 is 1.87 bits per heavy atom. The number of rotatable bonds is 8. The van der Waals surface area contributed by atoms with E-state index in [9.17, 15) is 27.9 Å². The monoisotopic (exact) mass is 592 g/mol. The van der Waals surface area contributed by atoms with E-state index in [0.717, 1.165) is 10.9 Å². The molecule has 3 atom stereocenters.